The summed E-state index contributed by atoms with van der Waals surface area (Å²) in [6.45, 7) is 2.78. The quantitative estimate of drug-likeness (QED) is 0.233. The first-order valence-electron chi connectivity index (χ1n) is 5.47. The van der Waals surface area contributed by atoms with Gasteiger partial charge in [0.2, 0.25) is 0 Å². The van der Waals surface area contributed by atoms with Gasteiger partial charge in [-0.2, -0.15) is 0 Å². The van der Waals surface area contributed by atoms with Crippen LogP contribution in [-0.4, -0.2) is 37.0 Å². The maximum Gasteiger partial charge on any atom is 0.345 e. The van der Waals surface area contributed by atoms with E-state index >= 15 is 0 Å². The summed E-state index contributed by atoms with van der Waals surface area (Å²) < 4.78 is 4.62. The minimum atomic E-state index is -0.473. The Kier molecular flexibility index (Phi) is 8.38. The molecule has 0 spiro atoms. The van der Waals surface area contributed by atoms with E-state index in [-0.39, 0.29) is 6.61 Å². The molecule has 0 aromatic rings. The van der Waals surface area contributed by atoms with Crippen molar-refractivity contribution in [2.75, 3.05) is 20.3 Å². The van der Waals surface area contributed by atoms with Crippen LogP contribution in [0.2, 0.25) is 0 Å². The van der Waals surface area contributed by atoms with Crippen LogP contribution in [-0.2, 0) is 9.53 Å². The molecule has 0 aromatic heterocycles. The molecule has 16 heavy (non-hydrogen) atoms. The van der Waals surface area contributed by atoms with Crippen LogP contribution < -0.4 is 5.32 Å². The highest BCUT2D eigenvalue weighted by molar-refractivity contribution is 6.18. The lowest BCUT2D eigenvalue weighted by molar-refractivity contribution is -0.588. The van der Waals surface area contributed by atoms with Crippen molar-refractivity contribution in [1.29, 1.82) is 5.41 Å². The van der Waals surface area contributed by atoms with E-state index in [0.717, 1.165) is 6.42 Å². The molecule has 0 unspecified atom stereocenters. The Hall–Kier alpha value is -1.20. The van der Waals surface area contributed by atoms with Gasteiger partial charge in [-0.1, -0.05) is 13.3 Å². The number of rotatable bonds is 8. The third kappa shape index (κ3) is 5.63. The van der Waals surface area contributed by atoms with Crippen LogP contribution in [0.15, 0.2) is 11.8 Å². The van der Waals surface area contributed by atoms with Crippen LogP contribution >= 0.6 is 0 Å². The van der Waals surface area contributed by atoms with Crippen LogP contribution in [0.25, 0.3) is 0 Å². The van der Waals surface area contributed by atoms with E-state index in [9.17, 15) is 4.79 Å². The van der Waals surface area contributed by atoms with Crippen molar-refractivity contribution in [2.45, 2.75) is 26.2 Å². The largest absolute Gasteiger partial charge is 0.465 e. The average Bonchev–Trinajstić information content (AvgIpc) is 2.28. The monoisotopic (exact) mass is 229 g/mol. The highest BCUT2D eigenvalue weighted by Gasteiger charge is 2.16. The number of aliphatic hydroxyl groups is 1. The standard InChI is InChI=1S/C11H20N2O3/c1-3-5-10(12)9(11(15)16-2)8-13-6-4-7-14/h8,12-14H,3-7H2,1-2H3/p+1/b9-8+,12-10?. The number of hydrogen-bond acceptors (Lipinski definition) is 4. The van der Waals surface area contributed by atoms with Gasteiger partial charge in [-0.25, -0.2) is 4.79 Å². The molecule has 0 saturated heterocycles. The summed E-state index contributed by atoms with van der Waals surface area (Å²) in [5.41, 5.74) is 0.608. The Morgan fingerprint density at radius 3 is 2.75 bits per heavy atom. The molecule has 0 aliphatic carbocycles. The zero-order chi connectivity index (χ0) is 12.4. The fourth-order valence-electron chi connectivity index (χ4n) is 1.20. The predicted molar refractivity (Wildman–Crippen MR) is 61.2 cm³/mol. The predicted octanol–water partition coefficient (Wildman–Crippen LogP) is -0.191. The van der Waals surface area contributed by atoms with Crippen molar-refractivity contribution < 1.29 is 20.0 Å². The molecule has 0 aliphatic rings. The number of nitrogens with two attached hydrogens (primary N) is 1. The van der Waals surface area contributed by atoms with Crippen molar-refractivity contribution >= 4 is 11.7 Å². The normalized spacial score (nSPS) is 11.3. The Morgan fingerprint density at radius 2 is 2.25 bits per heavy atom. The Labute approximate surface area is 96.0 Å². The van der Waals surface area contributed by atoms with E-state index < -0.39 is 5.97 Å². The first kappa shape index (κ1) is 14.8. The molecule has 0 bridgehead atoms. The first-order chi connectivity index (χ1) is 7.67. The minimum Gasteiger partial charge on any atom is -0.465 e. The van der Waals surface area contributed by atoms with Crippen LogP contribution in [0.4, 0.5) is 0 Å². The van der Waals surface area contributed by atoms with Crippen LogP contribution in [0, 0.1) is 5.41 Å². The van der Waals surface area contributed by atoms with Gasteiger partial charge in [0.1, 0.15) is 11.8 Å². The number of nitrogens with one attached hydrogen (secondary N) is 1. The van der Waals surface area contributed by atoms with Gasteiger partial charge in [-0.3, -0.25) is 0 Å². The van der Waals surface area contributed by atoms with Crippen molar-refractivity contribution in [3.05, 3.63) is 11.8 Å². The smallest absolute Gasteiger partial charge is 0.345 e. The maximum absolute atomic E-state index is 11.4. The van der Waals surface area contributed by atoms with Gasteiger partial charge in [0, 0.05) is 13.0 Å². The fraction of sp³-hybridized carbons (Fsp3) is 0.636. The number of carbonyl (C=O) groups excluding carboxylic acids is 1. The lowest BCUT2D eigenvalue weighted by atomic mass is 10.1. The molecule has 0 fully saturated rings. The number of ether oxygens (including phenoxy) is 1. The first-order valence-corrected chi connectivity index (χ1v) is 5.47. The number of methoxy groups -OCH3 is 1. The van der Waals surface area contributed by atoms with Gasteiger partial charge in [-0.05, 0) is 6.42 Å². The molecule has 0 heterocycles. The number of carbonyl (C=O) groups is 1. The molecule has 0 rings (SSSR count). The summed E-state index contributed by atoms with van der Waals surface area (Å²) in [7, 11) is 1.31. The second kappa shape index (κ2) is 9.06. The van der Waals surface area contributed by atoms with Gasteiger partial charge in [0.15, 0.2) is 0 Å². The van der Waals surface area contributed by atoms with E-state index in [2.05, 4.69) is 4.74 Å². The molecule has 0 atom stereocenters. The fourth-order valence-corrected chi connectivity index (χ4v) is 1.20. The van der Waals surface area contributed by atoms with Crippen molar-refractivity contribution in [2.24, 2.45) is 0 Å². The van der Waals surface area contributed by atoms with E-state index in [4.69, 9.17) is 10.5 Å². The molecule has 0 amide bonds. The van der Waals surface area contributed by atoms with Crippen molar-refractivity contribution in [3.8, 4) is 0 Å². The second-order valence-corrected chi connectivity index (χ2v) is 3.40. The summed E-state index contributed by atoms with van der Waals surface area (Å²) in [5, 5.41) is 18.1. The van der Waals surface area contributed by atoms with Gasteiger partial charge < -0.3 is 20.6 Å². The lowest BCUT2D eigenvalue weighted by Crippen LogP contribution is -2.78. The summed E-state index contributed by atoms with van der Waals surface area (Å²) in [4.78, 5) is 11.4. The molecule has 0 radical (unpaired) electrons. The Balaban J connectivity index is 4.41. The molecular formula is C11H21N2O3+. The van der Waals surface area contributed by atoms with Crippen LogP contribution in [0.5, 0.6) is 0 Å². The maximum atomic E-state index is 11.4. The molecule has 0 saturated carbocycles. The van der Waals surface area contributed by atoms with Crippen molar-refractivity contribution in [1.82, 2.24) is 0 Å². The zero-order valence-corrected chi connectivity index (χ0v) is 9.95. The van der Waals surface area contributed by atoms with E-state index in [1.54, 1.807) is 11.5 Å². The highest BCUT2D eigenvalue weighted by atomic mass is 16.5. The van der Waals surface area contributed by atoms with Crippen LogP contribution in [0.3, 0.4) is 0 Å². The number of aliphatic hydroxyl groups excluding tert-OH is 1. The highest BCUT2D eigenvalue weighted by Crippen LogP contribution is 2.03. The second-order valence-electron chi connectivity index (χ2n) is 3.40. The van der Waals surface area contributed by atoms with E-state index in [1.807, 2.05) is 6.92 Å². The van der Waals surface area contributed by atoms with E-state index in [0.29, 0.717) is 30.7 Å². The SMILES string of the molecule is CCCC(=N)/C(=C\[NH2+]CCCO)C(=O)OC. The number of quaternary nitrogens is 1. The summed E-state index contributed by atoms with van der Waals surface area (Å²) >= 11 is 0. The van der Waals surface area contributed by atoms with Gasteiger partial charge in [0.05, 0.1) is 19.4 Å². The summed E-state index contributed by atoms with van der Waals surface area (Å²) in [6.07, 6.45) is 3.66. The molecule has 5 nitrogen and oxygen atoms in total. The molecule has 0 aromatic carbocycles. The van der Waals surface area contributed by atoms with Gasteiger partial charge in [-0.15, -0.1) is 0 Å². The molecule has 92 valence electrons. The van der Waals surface area contributed by atoms with Crippen molar-refractivity contribution in [3.63, 3.8) is 0 Å². The number of hydrogen-bond donors (Lipinski definition) is 3. The Morgan fingerprint density at radius 1 is 1.56 bits per heavy atom. The van der Waals surface area contributed by atoms with Gasteiger partial charge >= 0.3 is 5.97 Å². The molecule has 5 heteroatoms. The van der Waals surface area contributed by atoms with E-state index in [1.165, 1.54) is 7.11 Å². The Bertz CT molecular complexity index is 262. The summed E-state index contributed by atoms with van der Waals surface area (Å²) in [5.74, 6) is -0.473. The van der Waals surface area contributed by atoms with Gasteiger partial charge in [0.25, 0.3) is 0 Å². The molecule has 4 N–H and O–H groups in total. The molecular weight excluding hydrogens is 208 g/mol. The third-order valence-electron chi connectivity index (χ3n) is 2.04. The number of esters is 1. The average molecular weight is 229 g/mol. The third-order valence-corrected chi connectivity index (χ3v) is 2.04. The lowest BCUT2D eigenvalue weighted by Gasteiger charge is -2.04. The summed E-state index contributed by atoms with van der Waals surface area (Å²) in [6, 6.07) is 0. The van der Waals surface area contributed by atoms with Crippen LogP contribution in [0.1, 0.15) is 26.2 Å². The topological polar surface area (TPSA) is 87.0 Å². The zero-order valence-electron chi connectivity index (χ0n) is 9.95. The minimum absolute atomic E-state index is 0.129. The molecule has 0 aliphatic heterocycles.